The highest BCUT2D eigenvalue weighted by molar-refractivity contribution is 5.39. The van der Waals surface area contributed by atoms with Crippen molar-refractivity contribution in [1.29, 1.82) is 0 Å². The van der Waals surface area contributed by atoms with Crippen LogP contribution in [0, 0.1) is 0 Å². The second kappa shape index (κ2) is 8.77. The van der Waals surface area contributed by atoms with E-state index in [1.807, 2.05) is 31.2 Å². The molecule has 0 fully saturated rings. The Bertz CT molecular complexity index is 355. The Kier molecular flexibility index (Phi) is 7.30. The summed E-state index contributed by atoms with van der Waals surface area (Å²) in [7, 11) is 0. The normalized spacial score (nSPS) is 11.1. The first-order valence-electron chi connectivity index (χ1n) is 6.88. The van der Waals surface area contributed by atoms with Gasteiger partial charge in [-0.2, -0.15) is 0 Å². The first-order valence-corrected chi connectivity index (χ1v) is 6.88. The standard InChI is InChI=1S/C15H25NO3/c1-4-18-14-7-5-6-8-15(14)19-12-10-16(9-11-17)13(2)3/h5-8,13,17H,4,9-12H2,1-3H3. The van der Waals surface area contributed by atoms with E-state index in [-0.39, 0.29) is 6.61 Å². The number of hydrogen-bond acceptors (Lipinski definition) is 4. The molecule has 0 bridgehead atoms. The molecular formula is C15H25NO3. The predicted molar refractivity (Wildman–Crippen MR) is 76.9 cm³/mol. The van der Waals surface area contributed by atoms with Gasteiger partial charge in [-0.3, -0.25) is 4.90 Å². The van der Waals surface area contributed by atoms with Crippen molar-refractivity contribution in [2.45, 2.75) is 26.8 Å². The fourth-order valence-electron chi connectivity index (χ4n) is 1.87. The minimum absolute atomic E-state index is 0.174. The third kappa shape index (κ3) is 5.49. The Balaban J connectivity index is 2.47. The molecule has 0 heterocycles. The van der Waals surface area contributed by atoms with Crippen molar-refractivity contribution in [1.82, 2.24) is 4.90 Å². The van der Waals surface area contributed by atoms with Crippen molar-refractivity contribution < 1.29 is 14.6 Å². The number of nitrogens with zero attached hydrogens (tertiary/aromatic N) is 1. The fourth-order valence-corrected chi connectivity index (χ4v) is 1.87. The Morgan fingerprint density at radius 3 is 2.26 bits per heavy atom. The molecule has 0 saturated carbocycles. The second-order valence-electron chi connectivity index (χ2n) is 4.58. The zero-order valence-electron chi connectivity index (χ0n) is 12.1. The monoisotopic (exact) mass is 267 g/mol. The van der Waals surface area contributed by atoms with Crippen LogP contribution in [-0.4, -0.2) is 49.0 Å². The number of benzene rings is 1. The van der Waals surface area contributed by atoms with Crippen molar-refractivity contribution in [2.75, 3.05) is 32.9 Å². The topological polar surface area (TPSA) is 41.9 Å². The number of rotatable bonds is 9. The van der Waals surface area contributed by atoms with Crippen molar-refractivity contribution in [2.24, 2.45) is 0 Å². The molecule has 0 aromatic heterocycles. The maximum Gasteiger partial charge on any atom is 0.161 e. The zero-order valence-corrected chi connectivity index (χ0v) is 12.1. The van der Waals surface area contributed by atoms with E-state index in [0.717, 1.165) is 18.0 Å². The lowest BCUT2D eigenvalue weighted by Gasteiger charge is -2.25. The van der Waals surface area contributed by atoms with E-state index < -0.39 is 0 Å². The molecule has 0 aliphatic carbocycles. The van der Waals surface area contributed by atoms with Crippen LogP contribution in [0.2, 0.25) is 0 Å². The molecular weight excluding hydrogens is 242 g/mol. The van der Waals surface area contributed by atoms with E-state index in [1.165, 1.54) is 0 Å². The van der Waals surface area contributed by atoms with Gasteiger partial charge >= 0.3 is 0 Å². The van der Waals surface area contributed by atoms with Crippen LogP contribution >= 0.6 is 0 Å². The molecule has 0 unspecified atom stereocenters. The number of aliphatic hydroxyl groups is 1. The maximum absolute atomic E-state index is 9.01. The maximum atomic E-state index is 9.01. The summed E-state index contributed by atoms with van der Waals surface area (Å²) < 4.78 is 11.3. The van der Waals surface area contributed by atoms with Crippen molar-refractivity contribution in [3.8, 4) is 11.5 Å². The third-order valence-corrected chi connectivity index (χ3v) is 2.90. The Morgan fingerprint density at radius 2 is 1.74 bits per heavy atom. The zero-order chi connectivity index (χ0) is 14.1. The van der Waals surface area contributed by atoms with Gasteiger partial charge in [0, 0.05) is 19.1 Å². The molecule has 0 atom stereocenters. The van der Waals surface area contributed by atoms with E-state index >= 15 is 0 Å². The van der Waals surface area contributed by atoms with E-state index in [4.69, 9.17) is 14.6 Å². The number of hydrogen-bond donors (Lipinski definition) is 1. The van der Waals surface area contributed by atoms with Gasteiger partial charge in [-0.15, -0.1) is 0 Å². The summed E-state index contributed by atoms with van der Waals surface area (Å²) in [5.41, 5.74) is 0. The summed E-state index contributed by atoms with van der Waals surface area (Å²) in [4.78, 5) is 2.18. The van der Waals surface area contributed by atoms with Gasteiger partial charge in [0.2, 0.25) is 0 Å². The summed E-state index contributed by atoms with van der Waals surface area (Å²) >= 11 is 0. The molecule has 1 aromatic carbocycles. The van der Waals surface area contributed by atoms with Crippen LogP contribution in [0.1, 0.15) is 20.8 Å². The van der Waals surface area contributed by atoms with Gasteiger partial charge in [0.05, 0.1) is 13.2 Å². The molecule has 1 N–H and O–H groups in total. The first-order chi connectivity index (χ1) is 9.19. The van der Waals surface area contributed by atoms with Gasteiger partial charge in [0.1, 0.15) is 6.61 Å². The smallest absolute Gasteiger partial charge is 0.161 e. The Labute approximate surface area is 115 Å². The second-order valence-corrected chi connectivity index (χ2v) is 4.58. The van der Waals surface area contributed by atoms with Gasteiger partial charge in [-0.25, -0.2) is 0 Å². The van der Waals surface area contributed by atoms with E-state index in [0.29, 0.717) is 25.8 Å². The van der Waals surface area contributed by atoms with Crippen LogP contribution in [0.3, 0.4) is 0 Å². The summed E-state index contributed by atoms with van der Waals surface area (Å²) in [6.07, 6.45) is 0. The Morgan fingerprint density at radius 1 is 1.11 bits per heavy atom. The summed E-state index contributed by atoms with van der Waals surface area (Å²) in [6, 6.07) is 8.09. The lowest BCUT2D eigenvalue weighted by atomic mass is 10.3. The molecule has 0 aliphatic rings. The Hall–Kier alpha value is -1.26. The molecule has 19 heavy (non-hydrogen) atoms. The van der Waals surface area contributed by atoms with Crippen LogP contribution < -0.4 is 9.47 Å². The lowest BCUT2D eigenvalue weighted by molar-refractivity contribution is 0.140. The fraction of sp³-hybridized carbons (Fsp3) is 0.600. The van der Waals surface area contributed by atoms with Crippen LogP contribution in [0.5, 0.6) is 11.5 Å². The van der Waals surface area contributed by atoms with Crippen LogP contribution in [0.25, 0.3) is 0 Å². The molecule has 4 nitrogen and oxygen atoms in total. The van der Waals surface area contributed by atoms with Crippen molar-refractivity contribution >= 4 is 0 Å². The number of aliphatic hydroxyl groups excluding tert-OH is 1. The predicted octanol–water partition coefficient (Wildman–Crippen LogP) is 2.17. The molecule has 0 radical (unpaired) electrons. The minimum atomic E-state index is 0.174. The largest absolute Gasteiger partial charge is 0.490 e. The van der Waals surface area contributed by atoms with Crippen molar-refractivity contribution in [3.63, 3.8) is 0 Å². The van der Waals surface area contributed by atoms with E-state index in [1.54, 1.807) is 0 Å². The number of para-hydroxylation sites is 2. The number of ether oxygens (including phenoxy) is 2. The van der Waals surface area contributed by atoms with Gasteiger partial charge in [-0.1, -0.05) is 12.1 Å². The quantitative estimate of drug-likeness (QED) is 0.744. The first kappa shape index (κ1) is 15.8. The molecule has 0 spiro atoms. The van der Waals surface area contributed by atoms with Crippen molar-refractivity contribution in [3.05, 3.63) is 24.3 Å². The SMILES string of the molecule is CCOc1ccccc1OCCN(CCO)C(C)C. The minimum Gasteiger partial charge on any atom is -0.490 e. The van der Waals surface area contributed by atoms with Crippen LogP contribution in [0.4, 0.5) is 0 Å². The van der Waals surface area contributed by atoms with Gasteiger partial charge < -0.3 is 14.6 Å². The summed E-state index contributed by atoms with van der Waals surface area (Å²) in [5, 5.41) is 9.01. The summed E-state index contributed by atoms with van der Waals surface area (Å²) in [5.74, 6) is 1.56. The third-order valence-electron chi connectivity index (χ3n) is 2.90. The molecule has 0 amide bonds. The van der Waals surface area contributed by atoms with Gasteiger partial charge in [-0.05, 0) is 32.9 Å². The molecule has 108 valence electrons. The van der Waals surface area contributed by atoms with Crippen LogP contribution in [0.15, 0.2) is 24.3 Å². The average molecular weight is 267 g/mol. The highest BCUT2D eigenvalue weighted by Gasteiger charge is 2.09. The van der Waals surface area contributed by atoms with E-state index in [2.05, 4.69) is 18.7 Å². The van der Waals surface area contributed by atoms with Gasteiger partial charge in [0.15, 0.2) is 11.5 Å². The van der Waals surface area contributed by atoms with E-state index in [9.17, 15) is 0 Å². The highest BCUT2D eigenvalue weighted by Crippen LogP contribution is 2.26. The molecule has 1 rings (SSSR count). The molecule has 0 saturated heterocycles. The molecule has 1 aromatic rings. The lowest BCUT2D eigenvalue weighted by Crippen LogP contribution is -2.36. The molecule has 4 heteroatoms. The molecule has 0 aliphatic heterocycles. The average Bonchev–Trinajstić information content (AvgIpc) is 2.40. The highest BCUT2D eigenvalue weighted by atomic mass is 16.5. The summed E-state index contributed by atoms with van der Waals surface area (Å²) in [6.45, 7) is 9.04. The van der Waals surface area contributed by atoms with Crippen LogP contribution in [-0.2, 0) is 0 Å². The van der Waals surface area contributed by atoms with Gasteiger partial charge in [0.25, 0.3) is 0 Å².